The van der Waals surface area contributed by atoms with Crippen molar-refractivity contribution in [1.29, 1.82) is 0 Å². The summed E-state index contributed by atoms with van der Waals surface area (Å²) in [6.07, 6.45) is 0.215. The Bertz CT molecular complexity index is 121. The number of rotatable bonds is 2. The van der Waals surface area contributed by atoms with Crippen LogP contribution in [0, 0.1) is 0 Å². The molecule has 10 heavy (non-hydrogen) atoms. The summed E-state index contributed by atoms with van der Waals surface area (Å²) in [6, 6.07) is 0.117. The van der Waals surface area contributed by atoms with Crippen LogP contribution in [0.3, 0.4) is 0 Å². The van der Waals surface area contributed by atoms with E-state index in [4.69, 9.17) is 5.11 Å². The molecule has 0 spiro atoms. The quantitative estimate of drug-likeness (QED) is 0.466. The summed E-state index contributed by atoms with van der Waals surface area (Å²) < 4.78 is 0. The minimum absolute atomic E-state index is 0.117. The third-order valence-electron chi connectivity index (χ3n) is 1.55. The topological polar surface area (TPSA) is 61.4 Å². The number of carboxylic acid groups (broad SMARTS) is 1. The summed E-state index contributed by atoms with van der Waals surface area (Å²) in [7, 11) is 0. The lowest BCUT2D eigenvalue weighted by molar-refractivity contribution is -0.137. The highest BCUT2D eigenvalue weighted by atomic mass is 16.4. The van der Waals surface area contributed by atoms with Crippen LogP contribution in [0.1, 0.15) is 6.42 Å². The second-order valence-electron chi connectivity index (χ2n) is 2.45. The molecule has 0 amide bonds. The molecule has 4 heteroatoms. The maximum atomic E-state index is 10.2. The summed E-state index contributed by atoms with van der Waals surface area (Å²) in [5.41, 5.74) is 0. The third-order valence-corrected chi connectivity index (χ3v) is 1.55. The molecular weight excluding hydrogens is 132 g/mol. The van der Waals surface area contributed by atoms with Gasteiger partial charge < -0.3 is 15.7 Å². The molecule has 1 heterocycles. The van der Waals surface area contributed by atoms with Crippen molar-refractivity contribution >= 4 is 5.97 Å². The molecule has 0 radical (unpaired) electrons. The number of piperazine rings is 1. The second kappa shape index (κ2) is 3.53. The lowest BCUT2D eigenvalue weighted by atomic mass is 10.2. The molecule has 0 saturated carbocycles. The average molecular weight is 144 g/mol. The molecule has 58 valence electrons. The Kier molecular flexibility index (Phi) is 2.65. The van der Waals surface area contributed by atoms with E-state index >= 15 is 0 Å². The van der Waals surface area contributed by atoms with E-state index < -0.39 is 5.97 Å². The van der Waals surface area contributed by atoms with Crippen molar-refractivity contribution in [2.75, 3.05) is 19.6 Å². The molecule has 3 N–H and O–H groups in total. The van der Waals surface area contributed by atoms with Gasteiger partial charge in [0.25, 0.3) is 0 Å². The highest BCUT2D eigenvalue weighted by Gasteiger charge is 2.14. The molecule has 0 aliphatic carbocycles. The molecule has 0 unspecified atom stereocenters. The molecule has 1 saturated heterocycles. The molecule has 1 rings (SSSR count). The van der Waals surface area contributed by atoms with E-state index in [1.165, 1.54) is 0 Å². The Morgan fingerprint density at radius 3 is 2.90 bits per heavy atom. The van der Waals surface area contributed by atoms with Crippen molar-refractivity contribution in [3.63, 3.8) is 0 Å². The van der Waals surface area contributed by atoms with Gasteiger partial charge in [0, 0.05) is 25.7 Å². The van der Waals surface area contributed by atoms with Crippen molar-refractivity contribution in [2.45, 2.75) is 12.5 Å². The van der Waals surface area contributed by atoms with Crippen LogP contribution in [0.5, 0.6) is 0 Å². The molecule has 1 aliphatic heterocycles. The van der Waals surface area contributed by atoms with Gasteiger partial charge in [-0.15, -0.1) is 0 Å². The Labute approximate surface area is 59.6 Å². The highest BCUT2D eigenvalue weighted by Crippen LogP contribution is 1.92. The van der Waals surface area contributed by atoms with E-state index in [0.29, 0.717) is 0 Å². The van der Waals surface area contributed by atoms with Gasteiger partial charge in [-0.3, -0.25) is 4.79 Å². The van der Waals surface area contributed by atoms with Crippen LogP contribution in [0.2, 0.25) is 0 Å². The average Bonchev–Trinajstić information content (AvgIpc) is 1.88. The lowest BCUT2D eigenvalue weighted by Crippen LogP contribution is -2.49. The summed E-state index contributed by atoms with van der Waals surface area (Å²) >= 11 is 0. The monoisotopic (exact) mass is 144 g/mol. The molecule has 0 aromatic heterocycles. The molecule has 1 aliphatic rings. The van der Waals surface area contributed by atoms with Crippen LogP contribution < -0.4 is 10.6 Å². The zero-order chi connectivity index (χ0) is 7.40. The third kappa shape index (κ3) is 2.33. The Morgan fingerprint density at radius 2 is 2.40 bits per heavy atom. The smallest absolute Gasteiger partial charge is 0.304 e. The standard InChI is InChI=1S/C6H12N2O2/c9-6(10)3-5-4-7-1-2-8-5/h5,7-8H,1-4H2,(H,9,10)/t5-/m0/s1. The van der Waals surface area contributed by atoms with E-state index in [-0.39, 0.29) is 12.5 Å². The van der Waals surface area contributed by atoms with Crippen molar-refractivity contribution in [1.82, 2.24) is 10.6 Å². The number of nitrogens with one attached hydrogen (secondary N) is 2. The fourth-order valence-corrected chi connectivity index (χ4v) is 1.07. The molecule has 1 atom stereocenters. The van der Waals surface area contributed by atoms with E-state index in [1.54, 1.807) is 0 Å². The fourth-order valence-electron chi connectivity index (χ4n) is 1.07. The van der Waals surface area contributed by atoms with E-state index in [2.05, 4.69) is 10.6 Å². The molecule has 0 bridgehead atoms. The van der Waals surface area contributed by atoms with Gasteiger partial charge in [0.1, 0.15) is 0 Å². The van der Waals surface area contributed by atoms with Crippen LogP contribution in [0.4, 0.5) is 0 Å². The fraction of sp³-hybridized carbons (Fsp3) is 0.833. The largest absolute Gasteiger partial charge is 0.481 e. The Balaban J connectivity index is 2.19. The minimum atomic E-state index is -0.735. The Hall–Kier alpha value is -0.610. The van der Waals surface area contributed by atoms with Crippen molar-refractivity contribution in [3.8, 4) is 0 Å². The van der Waals surface area contributed by atoms with E-state index in [0.717, 1.165) is 19.6 Å². The van der Waals surface area contributed by atoms with Gasteiger partial charge in [0.2, 0.25) is 0 Å². The van der Waals surface area contributed by atoms with Gasteiger partial charge in [-0.25, -0.2) is 0 Å². The van der Waals surface area contributed by atoms with E-state index in [1.807, 2.05) is 0 Å². The first-order chi connectivity index (χ1) is 4.79. The predicted octanol–water partition coefficient (Wildman–Crippen LogP) is -0.977. The highest BCUT2D eigenvalue weighted by molar-refractivity contribution is 5.67. The summed E-state index contributed by atoms with van der Waals surface area (Å²) in [5.74, 6) is -0.735. The second-order valence-corrected chi connectivity index (χ2v) is 2.45. The maximum Gasteiger partial charge on any atom is 0.304 e. The van der Waals surface area contributed by atoms with Crippen molar-refractivity contribution in [3.05, 3.63) is 0 Å². The molecule has 0 aromatic carbocycles. The van der Waals surface area contributed by atoms with Gasteiger partial charge >= 0.3 is 5.97 Å². The summed E-state index contributed by atoms with van der Waals surface area (Å²) in [4.78, 5) is 10.2. The van der Waals surface area contributed by atoms with Crippen molar-refractivity contribution < 1.29 is 9.90 Å². The van der Waals surface area contributed by atoms with Gasteiger partial charge in [-0.1, -0.05) is 0 Å². The van der Waals surface area contributed by atoms with Crippen LogP contribution in [-0.2, 0) is 4.79 Å². The lowest BCUT2D eigenvalue weighted by Gasteiger charge is -2.22. The predicted molar refractivity (Wildman–Crippen MR) is 36.9 cm³/mol. The van der Waals surface area contributed by atoms with Crippen LogP contribution in [-0.4, -0.2) is 36.8 Å². The van der Waals surface area contributed by atoms with E-state index in [9.17, 15) is 4.79 Å². The number of hydrogen-bond donors (Lipinski definition) is 3. The van der Waals surface area contributed by atoms with Gasteiger partial charge in [0.05, 0.1) is 6.42 Å². The first-order valence-corrected chi connectivity index (χ1v) is 3.45. The van der Waals surface area contributed by atoms with Crippen LogP contribution in [0.15, 0.2) is 0 Å². The van der Waals surface area contributed by atoms with Crippen LogP contribution in [0.25, 0.3) is 0 Å². The number of carbonyl (C=O) groups is 1. The summed E-state index contributed by atoms with van der Waals surface area (Å²) in [5, 5.41) is 14.6. The van der Waals surface area contributed by atoms with Crippen molar-refractivity contribution in [2.24, 2.45) is 0 Å². The van der Waals surface area contributed by atoms with Gasteiger partial charge in [-0.2, -0.15) is 0 Å². The SMILES string of the molecule is O=C(O)C[C@H]1CNCCN1. The number of hydrogen-bond acceptors (Lipinski definition) is 3. The van der Waals surface area contributed by atoms with Gasteiger partial charge in [-0.05, 0) is 0 Å². The first-order valence-electron chi connectivity index (χ1n) is 3.45. The molecule has 0 aromatic rings. The summed E-state index contributed by atoms with van der Waals surface area (Å²) in [6.45, 7) is 2.58. The minimum Gasteiger partial charge on any atom is -0.481 e. The molecule has 1 fully saturated rings. The van der Waals surface area contributed by atoms with Crippen LogP contribution >= 0.6 is 0 Å². The molecule has 4 nitrogen and oxygen atoms in total. The Morgan fingerprint density at radius 1 is 1.60 bits per heavy atom. The zero-order valence-electron chi connectivity index (χ0n) is 5.76. The van der Waals surface area contributed by atoms with Gasteiger partial charge in [0.15, 0.2) is 0 Å². The maximum absolute atomic E-state index is 10.2. The zero-order valence-corrected chi connectivity index (χ0v) is 5.76. The molecular formula is C6H12N2O2. The first kappa shape index (κ1) is 7.50. The normalized spacial score (nSPS) is 26.2. The number of carboxylic acids is 1. The number of aliphatic carboxylic acids is 1.